The summed E-state index contributed by atoms with van der Waals surface area (Å²) in [7, 11) is 0. The van der Waals surface area contributed by atoms with Crippen molar-refractivity contribution in [3.8, 4) is 0 Å². The van der Waals surface area contributed by atoms with Crippen molar-refractivity contribution in [2.45, 2.75) is 71.1 Å². The van der Waals surface area contributed by atoms with E-state index in [0.717, 1.165) is 37.1 Å². The molecule has 4 aromatic rings. The quantitative estimate of drug-likeness (QED) is 0.189. The molecule has 0 bridgehead atoms. The predicted molar refractivity (Wildman–Crippen MR) is 165 cm³/mol. The highest BCUT2D eigenvalue weighted by Crippen LogP contribution is 2.31. The highest BCUT2D eigenvalue weighted by Gasteiger charge is 2.16. The smallest absolute Gasteiger partial charge is 0.0314 e. The topological polar surface area (TPSA) is 52.0 Å². The summed E-state index contributed by atoms with van der Waals surface area (Å²) in [6.07, 6.45) is 6.86. The zero-order valence-corrected chi connectivity index (χ0v) is 23.4. The van der Waals surface area contributed by atoms with Crippen LogP contribution in [0.4, 0.5) is 11.4 Å². The molecule has 0 radical (unpaired) electrons. The molecule has 0 heterocycles. The monoisotopic (exact) mass is 504 g/mol. The Kier molecular flexibility index (Phi) is 9.65. The van der Waals surface area contributed by atoms with Gasteiger partial charge < -0.3 is 11.5 Å². The van der Waals surface area contributed by atoms with Gasteiger partial charge >= 0.3 is 0 Å². The van der Waals surface area contributed by atoms with E-state index in [-0.39, 0.29) is 0 Å². The number of hydrogen-bond acceptors (Lipinski definition) is 2. The van der Waals surface area contributed by atoms with Gasteiger partial charge in [-0.05, 0) is 89.2 Å². The van der Waals surface area contributed by atoms with Crippen LogP contribution in [-0.2, 0) is 12.8 Å². The second-order valence-corrected chi connectivity index (χ2v) is 10.8. The lowest BCUT2D eigenvalue weighted by atomic mass is 9.85. The molecule has 4 N–H and O–H groups in total. The lowest BCUT2D eigenvalue weighted by molar-refractivity contribution is 0.474. The maximum absolute atomic E-state index is 5.90. The molecule has 0 spiro atoms. The first-order chi connectivity index (χ1) is 18.5. The molecule has 0 aliphatic carbocycles. The fourth-order valence-corrected chi connectivity index (χ4v) is 5.91. The molecule has 0 amide bonds. The summed E-state index contributed by atoms with van der Waals surface area (Å²) in [5, 5.41) is 0. The van der Waals surface area contributed by atoms with Crippen LogP contribution in [0.1, 0.15) is 91.7 Å². The minimum atomic E-state index is 0.412. The van der Waals surface area contributed by atoms with Gasteiger partial charge in [0.1, 0.15) is 0 Å². The third-order valence-corrected chi connectivity index (χ3v) is 8.00. The van der Waals surface area contributed by atoms with Crippen LogP contribution in [0, 0.1) is 5.92 Å². The number of anilines is 2. The summed E-state index contributed by atoms with van der Waals surface area (Å²) in [6, 6.07) is 35.4. The molecule has 0 aliphatic heterocycles. The molecule has 0 fully saturated rings. The molecule has 4 rings (SSSR count). The Morgan fingerprint density at radius 3 is 1.08 bits per heavy atom. The number of nitrogens with two attached hydrogens (primary N) is 2. The molecule has 2 unspecified atom stereocenters. The van der Waals surface area contributed by atoms with Crippen LogP contribution in [0.15, 0.2) is 97.1 Å². The Hall–Kier alpha value is -3.52. The largest absolute Gasteiger partial charge is 0.399 e. The van der Waals surface area contributed by atoms with Crippen molar-refractivity contribution in [2.75, 3.05) is 11.5 Å². The van der Waals surface area contributed by atoms with Gasteiger partial charge in [0, 0.05) is 23.2 Å². The van der Waals surface area contributed by atoms with Crippen LogP contribution in [0.2, 0.25) is 0 Å². The van der Waals surface area contributed by atoms with E-state index >= 15 is 0 Å². The molecular formula is C36H44N2. The zero-order chi connectivity index (χ0) is 26.9. The van der Waals surface area contributed by atoms with Gasteiger partial charge in [-0.3, -0.25) is 0 Å². The minimum absolute atomic E-state index is 0.412. The fraction of sp³-hybridized carbons (Fsp3) is 0.333. The normalized spacial score (nSPS) is 13.7. The van der Waals surface area contributed by atoms with E-state index in [1.165, 1.54) is 46.2 Å². The van der Waals surface area contributed by atoms with E-state index < -0.39 is 0 Å². The van der Waals surface area contributed by atoms with E-state index in [9.17, 15) is 0 Å². The van der Waals surface area contributed by atoms with Crippen LogP contribution in [0.25, 0.3) is 0 Å². The van der Waals surface area contributed by atoms with Crippen molar-refractivity contribution in [3.05, 3.63) is 130 Å². The van der Waals surface area contributed by atoms with Gasteiger partial charge in [0.05, 0.1) is 0 Å². The Morgan fingerprint density at radius 1 is 0.474 bits per heavy atom. The molecule has 2 atom stereocenters. The van der Waals surface area contributed by atoms with Gasteiger partial charge in [-0.25, -0.2) is 0 Å². The van der Waals surface area contributed by atoms with Crippen LogP contribution in [0.3, 0.4) is 0 Å². The van der Waals surface area contributed by atoms with Gasteiger partial charge in [-0.15, -0.1) is 0 Å². The van der Waals surface area contributed by atoms with Gasteiger partial charge in [0.2, 0.25) is 0 Å². The summed E-state index contributed by atoms with van der Waals surface area (Å²) < 4.78 is 0. The summed E-state index contributed by atoms with van der Waals surface area (Å²) in [5.74, 6) is 1.47. The molecule has 4 aromatic carbocycles. The van der Waals surface area contributed by atoms with Crippen molar-refractivity contribution in [3.63, 3.8) is 0 Å². The zero-order valence-electron chi connectivity index (χ0n) is 23.4. The summed E-state index contributed by atoms with van der Waals surface area (Å²) in [4.78, 5) is 0. The molecule has 0 saturated carbocycles. The van der Waals surface area contributed by atoms with Gasteiger partial charge in [0.25, 0.3) is 0 Å². The highest BCUT2D eigenvalue weighted by molar-refractivity contribution is 5.44. The molecule has 0 saturated heterocycles. The number of benzene rings is 4. The third-order valence-electron chi connectivity index (χ3n) is 8.00. The average molecular weight is 505 g/mol. The molecule has 0 aliphatic rings. The Labute approximate surface area is 230 Å². The molecule has 198 valence electrons. The lowest BCUT2D eigenvalue weighted by Crippen LogP contribution is -2.09. The van der Waals surface area contributed by atoms with Crippen molar-refractivity contribution in [1.29, 1.82) is 0 Å². The van der Waals surface area contributed by atoms with Gasteiger partial charge in [-0.1, -0.05) is 106 Å². The Balaban J connectivity index is 1.42. The molecule has 0 aromatic heterocycles. The maximum Gasteiger partial charge on any atom is 0.0314 e. The summed E-state index contributed by atoms with van der Waals surface area (Å²) in [6.45, 7) is 6.82. The third kappa shape index (κ3) is 7.07. The summed E-state index contributed by atoms with van der Waals surface area (Å²) >= 11 is 0. The van der Waals surface area contributed by atoms with Crippen molar-refractivity contribution < 1.29 is 0 Å². The lowest BCUT2D eigenvalue weighted by Gasteiger charge is -2.20. The standard InChI is InChI=1S/C36H44N2/c1-4-7-28(24-26-8-12-29(13-9-26)35(5-2)31-16-20-33(37)21-17-31)25-27-10-14-30(15-11-27)36(6-3)32-18-22-34(38)23-19-32/h8-23,28,35-36H,4-7,24-25,37-38H2,1-3H3. The van der Waals surface area contributed by atoms with Crippen molar-refractivity contribution in [1.82, 2.24) is 0 Å². The molecule has 2 nitrogen and oxygen atoms in total. The van der Waals surface area contributed by atoms with E-state index in [1.54, 1.807) is 0 Å². The van der Waals surface area contributed by atoms with E-state index in [4.69, 9.17) is 11.5 Å². The number of rotatable bonds is 12. The highest BCUT2D eigenvalue weighted by atomic mass is 14.5. The summed E-state index contributed by atoms with van der Waals surface area (Å²) in [5.41, 5.74) is 21.8. The van der Waals surface area contributed by atoms with Crippen molar-refractivity contribution >= 4 is 11.4 Å². The number of nitrogen functional groups attached to an aromatic ring is 2. The molecular weight excluding hydrogens is 460 g/mol. The Morgan fingerprint density at radius 2 is 0.789 bits per heavy atom. The van der Waals surface area contributed by atoms with Gasteiger partial charge in [-0.2, -0.15) is 0 Å². The maximum atomic E-state index is 5.90. The van der Waals surface area contributed by atoms with E-state index in [2.05, 4.69) is 93.6 Å². The van der Waals surface area contributed by atoms with E-state index in [0.29, 0.717) is 17.8 Å². The Bertz CT molecular complexity index is 1140. The SMILES string of the molecule is CCCC(Cc1ccc(C(CC)c2ccc(N)cc2)cc1)Cc1ccc(C(CC)c2ccc(N)cc2)cc1. The van der Waals surface area contributed by atoms with Crippen LogP contribution in [-0.4, -0.2) is 0 Å². The predicted octanol–water partition coefficient (Wildman–Crippen LogP) is 9.14. The van der Waals surface area contributed by atoms with Crippen LogP contribution < -0.4 is 11.5 Å². The first-order valence-electron chi connectivity index (χ1n) is 14.4. The first kappa shape index (κ1) is 27.5. The van der Waals surface area contributed by atoms with Crippen LogP contribution >= 0.6 is 0 Å². The second-order valence-electron chi connectivity index (χ2n) is 10.8. The second kappa shape index (κ2) is 13.3. The fourth-order valence-electron chi connectivity index (χ4n) is 5.91. The average Bonchev–Trinajstić information content (AvgIpc) is 2.93. The van der Waals surface area contributed by atoms with Crippen LogP contribution in [0.5, 0.6) is 0 Å². The first-order valence-corrected chi connectivity index (χ1v) is 14.4. The van der Waals surface area contributed by atoms with Crippen molar-refractivity contribution in [2.24, 2.45) is 5.92 Å². The van der Waals surface area contributed by atoms with E-state index in [1.807, 2.05) is 24.3 Å². The molecule has 38 heavy (non-hydrogen) atoms. The molecule has 2 heteroatoms. The minimum Gasteiger partial charge on any atom is -0.399 e. The van der Waals surface area contributed by atoms with Gasteiger partial charge in [0.15, 0.2) is 0 Å². The number of hydrogen-bond donors (Lipinski definition) is 2.